The van der Waals surface area contributed by atoms with Crippen molar-refractivity contribution in [2.24, 2.45) is 5.73 Å². The summed E-state index contributed by atoms with van der Waals surface area (Å²) in [7, 11) is 4.17. The van der Waals surface area contributed by atoms with Crippen LogP contribution in [0.4, 0.5) is 0 Å². The molecule has 0 amide bonds. The second-order valence-electron chi connectivity index (χ2n) is 6.12. The van der Waals surface area contributed by atoms with E-state index in [1.165, 1.54) is 32.1 Å². The van der Waals surface area contributed by atoms with Gasteiger partial charge in [-0.1, -0.05) is 6.42 Å². The summed E-state index contributed by atoms with van der Waals surface area (Å²) in [6, 6.07) is 1.89. The van der Waals surface area contributed by atoms with Gasteiger partial charge in [0, 0.05) is 31.2 Å². The Morgan fingerprint density at radius 2 is 1.83 bits per heavy atom. The van der Waals surface area contributed by atoms with Gasteiger partial charge in [-0.15, -0.1) is 0 Å². The Kier molecular flexibility index (Phi) is 5.42. The summed E-state index contributed by atoms with van der Waals surface area (Å²) < 4.78 is 5.72. The maximum absolute atomic E-state index is 6.13. The van der Waals surface area contributed by atoms with Gasteiger partial charge in [-0.25, -0.2) is 0 Å². The fourth-order valence-electron chi connectivity index (χ4n) is 3.40. The second kappa shape index (κ2) is 6.85. The second-order valence-corrected chi connectivity index (χ2v) is 6.12. The minimum atomic E-state index is 0.436. The van der Waals surface area contributed by atoms with Gasteiger partial charge in [-0.05, 0) is 39.8 Å². The summed E-state index contributed by atoms with van der Waals surface area (Å²) in [5, 5.41) is 0. The molecule has 0 aromatic rings. The summed E-state index contributed by atoms with van der Waals surface area (Å²) in [4.78, 5) is 4.83. The molecule has 0 aliphatic carbocycles. The third kappa shape index (κ3) is 3.92. The first kappa shape index (κ1) is 14.3. The largest absolute Gasteiger partial charge is 0.379 e. The van der Waals surface area contributed by atoms with Crippen LogP contribution in [-0.2, 0) is 4.74 Å². The molecule has 0 aromatic heterocycles. The van der Waals surface area contributed by atoms with E-state index in [1.54, 1.807) is 0 Å². The molecule has 2 fully saturated rings. The summed E-state index contributed by atoms with van der Waals surface area (Å²) >= 11 is 0. The van der Waals surface area contributed by atoms with Crippen molar-refractivity contribution in [2.45, 2.75) is 50.2 Å². The maximum Gasteiger partial charge on any atom is 0.0594 e. The molecule has 2 unspecified atom stereocenters. The zero-order valence-corrected chi connectivity index (χ0v) is 12.0. The van der Waals surface area contributed by atoms with Crippen LogP contribution in [0.5, 0.6) is 0 Å². The van der Waals surface area contributed by atoms with E-state index in [0.29, 0.717) is 6.04 Å². The predicted octanol–water partition coefficient (Wildman–Crippen LogP) is 0.909. The summed E-state index contributed by atoms with van der Waals surface area (Å²) in [5.41, 5.74) is 6.13. The molecule has 2 heterocycles. The molecule has 0 aromatic carbocycles. The van der Waals surface area contributed by atoms with Crippen molar-refractivity contribution in [3.05, 3.63) is 0 Å². The number of ether oxygens (including phenoxy) is 1. The van der Waals surface area contributed by atoms with Crippen molar-refractivity contribution in [3.8, 4) is 0 Å². The van der Waals surface area contributed by atoms with E-state index in [-0.39, 0.29) is 0 Å². The molecule has 2 atom stereocenters. The van der Waals surface area contributed by atoms with E-state index < -0.39 is 0 Å². The van der Waals surface area contributed by atoms with Crippen LogP contribution < -0.4 is 5.73 Å². The highest BCUT2D eigenvalue weighted by molar-refractivity contribution is 4.93. The van der Waals surface area contributed by atoms with Crippen molar-refractivity contribution >= 4 is 0 Å². The van der Waals surface area contributed by atoms with Crippen molar-refractivity contribution in [2.75, 3.05) is 40.4 Å². The van der Waals surface area contributed by atoms with Gasteiger partial charge in [0.2, 0.25) is 0 Å². The van der Waals surface area contributed by atoms with Crippen molar-refractivity contribution in [1.82, 2.24) is 9.80 Å². The van der Waals surface area contributed by atoms with Crippen LogP contribution in [0.1, 0.15) is 32.1 Å². The topological polar surface area (TPSA) is 41.7 Å². The van der Waals surface area contributed by atoms with Crippen LogP contribution in [0.3, 0.4) is 0 Å². The zero-order chi connectivity index (χ0) is 13.0. The maximum atomic E-state index is 6.13. The number of hydrogen-bond donors (Lipinski definition) is 1. The van der Waals surface area contributed by atoms with Crippen molar-refractivity contribution in [3.63, 3.8) is 0 Å². The van der Waals surface area contributed by atoms with E-state index in [4.69, 9.17) is 10.5 Å². The highest BCUT2D eigenvalue weighted by atomic mass is 16.5. The average Bonchev–Trinajstić information content (AvgIpc) is 2.28. The number of fused-ring (bicyclic) bond motifs is 2. The minimum absolute atomic E-state index is 0.436. The molecular formula is C14H29N3O. The molecule has 2 aliphatic heterocycles. The van der Waals surface area contributed by atoms with Gasteiger partial charge in [0.15, 0.2) is 0 Å². The molecule has 106 valence electrons. The smallest absolute Gasteiger partial charge is 0.0594 e. The number of piperidine rings is 2. The lowest BCUT2D eigenvalue weighted by Gasteiger charge is -2.48. The van der Waals surface area contributed by atoms with Crippen molar-refractivity contribution < 1.29 is 4.74 Å². The number of rotatable bonds is 6. The van der Waals surface area contributed by atoms with Crippen LogP contribution in [0, 0.1) is 0 Å². The Morgan fingerprint density at radius 1 is 1.17 bits per heavy atom. The number of likely N-dealkylation sites (N-methyl/N-ethyl adjacent to an activating group) is 1. The van der Waals surface area contributed by atoms with Crippen LogP contribution in [0.2, 0.25) is 0 Å². The lowest BCUT2D eigenvalue weighted by Crippen LogP contribution is -2.56. The van der Waals surface area contributed by atoms with Crippen molar-refractivity contribution in [1.29, 1.82) is 0 Å². The van der Waals surface area contributed by atoms with E-state index >= 15 is 0 Å². The van der Waals surface area contributed by atoms with E-state index in [2.05, 4.69) is 23.9 Å². The predicted molar refractivity (Wildman–Crippen MR) is 74.7 cm³/mol. The minimum Gasteiger partial charge on any atom is -0.379 e. The first-order valence-corrected chi connectivity index (χ1v) is 7.40. The molecule has 4 heteroatoms. The van der Waals surface area contributed by atoms with Gasteiger partial charge in [0.1, 0.15) is 0 Å². The zero-order valence-electron chi connectivity index (χ0n) is 12.0. The fraction of sp³-hybridized carbons (Fsp3) is 1.00. The van der Waals surface area contributed by atoms with Crippen LogP contribution in [-0.4, -0.2) is 68.3 Å². The van der Waals surface area contributed by atoms with Gasteiger partial charge in [-0.2, -0.15) is 0 Å². The van der Waals surface area contributed by atoms with Crippen LogP contribution in [0.15, 0.2) is 0 Å². The highest BCUT2D eigenvalue weighted by Crippen LogP contribution is 2.32. The first-order valence-electron chi connectivity index (χ1n) is 7.40. The van der Waals surface area contributed by atoms with Gasteiger partial charge in [-0.3, -0.25) is 4.90 Å². The average molecular weight is 255 g/mol. The fourth-order valence-corrected chi connectivity index (χ4v) is 3.40. The molecule has 0 saturated carbocycles. The Balaban J connectivity index is 1.68. The van der Waals surface area contributed by atoms with Crippen LogP contribution >= 0.6 is 0 Å². The molecule has 4 nitrogen and oxygen atoms in total. The third-order valence-corrected chi connectivity index (χ3v) is 4.34. The molecule has 2 bridgehead atoms. The molecule has 18 heavy (non-hydrogen) atoms. The SMILES string of the molecule is CN(C)CCOCCN1C2CCCC1CC(N)C2. The first-order chi connectivity index (χ1) is 8.66. The van der Waals surface area contributed by atoms with E-state index in [1.807, 2.05) is 0 Å². The molecule has 2 saturated heterocycles. The number of nitrogens with two attached hydrogens (primary N) is 1. The molecule has 2 N–H and O–H groups in total. The van der Waals surface area contributed by atoms with E-state index in [9.17, 15) is 0 Å². The van der Waals surface area contributed by atoms with Crippen LogP contribution in [0.25, 0.3) is 0 Å². The lowest BCUT2D eigenvalue weighted by molar-refractivity contribution is 0.00282. The van der Waals surface area contributed by atoms with Gasteiger partial charge in [0.25, 0.3) is 0 Å². The Bertz CT molecular complexity index is 233. The summed E-state index contributed by atoms with van der Waals surface area (Å²) in [6.07, 6.45) is 6.44. The van der Waals surface area contributed by atoms with Gasteiger partial charge >= 0.3 is 0 Å². The monoisotopic (exact) mass is 255 g/mol. The Morgan fingerprint density at radius 3 is 2.44 bits per heavy atom. The molecule has 0 spiro atoms. The molecule has 0 radical (unpaired) electrons. The van der Waals surface area contributed by atoms with Gasteiger partial charge < -0.3 is 15.4 Å². The summed E-state index contributed by atoms with van der Waals surface area (Å²) in [6.45, 7) is 3.82. The molecular weight excluding hydrogens is 226 g/mol. The Hall–Kier alpha value is -0.160. The number of hydrogen-bond acceptors (Lipinski definition) is 4. The lowest BCUT2D eigenvalue weighted by atomic mass is 9.82. The summed E-state index contributed by atoms with van der Waals surface area (Å²) in [5.74, 6) is 0. The highest BCUT2D eigenvalue weighted by Gasteiger charge is 2.36. The van der Waals surface area contributed by atoms with Gasteiger partial charge in [0.05, 0.1) is 13.2 Å². The number of nitrogens with zero attached hydrogens (tertiary/aromatic N) is 2. The quantitative estimate of drug-likeness (QED) is 0.716. The standard InChI is InChI=1S/C14H29N3O/c1-16(2)6-8-18-9-7-17-13-4-3-5-14(17)11-12(15)10-13/h12-14H,3-11,15H2,1-2H3. The third-order valence-electron chi connectivity index (χ3n) is 4.34. The molecule has 2 aliphatic rings. The van der Waals surface area contributed by atoms with E-state index in [0.717, 1.165) is 38.4 Å². The normalized spacial score (nSPS) is 33.0. The Labute approximate surface area is 111 Å². The molecule has 2 rings (SSSR count).